The van der Waals surface area contributed by atoms with E-state index in [0.29, 0.717) is 5.15 Å². The van der Waals surface area contributed by atoms with E-state index >= 15 is 0 Å². The highest BCUT2D eigenvalue weighted by Crippen LogP contribution is 2.14. The number of hydrogen-bond donors (Lipinski definition) is 1. The van der Waals surface area contributed by atoms with Crippen molar-refractivity contribution in [3.8, 4) is 0 Å². The van der Waals surface area contributed by atoms with Crippen LogP contribution in [0.2, 0.25) is 5.15 Å². The molecule has 146 valence electrons. The highest BCUT2D eigenvalue weighted by atomic mass is 79.9. The fourth-order valence-electron chi connectivity index (χ4n) is 2.55. The maximum Gasteiger partial charge on any atom is 0.154 e. The second kappa shape index (κ2) is 8.89. The van der Waals surface area contributed by atoms with Gasteiger partial charge in [0.15, 0.2) is 11.3 Å². The summed E-state index contributed by atoms with van der Waals surface area (Å²) in [5.41, 5.74) is 2.83. The Labute approximate surface area is 188 Å². The van der Waals surface area contributed by atoms with E-state index in [2.05, 4.69) is 69.5 Å². The summed E-state index contributed by atoms with van der Waals surface area (Å²) >= 11 is 12.4. The minimum Gasteiger partial charge on any atom is -0.365 e. The molecular weight excluding hydrogens is 522 g/mol. The van der Waals surface area contributed by atoms with Gasteiger partial charge in [0.1, 0.15) is 20.2 Å². The molecule has 5 aromatic rings. The molecule has 5 rings (SSSR count). The molecule has 29 heavy (non-hydrogen) atoms. The zero-order chi connectivity index (χ0) is 20.2. The van der Waals surface area contributed by atoms with Gasteiger partial charge >= 0.3 is 0 Å². The summed E-state index contributed by atoms with van der Waals surface area (Å²) in [5, 5.41) is 12.2. The summed E-state index contributed by atoms with van der Waals surface area (Å²) in [6.07, 6.45) is 3.42. The quantitative estimate of drug-likeness (QED) is 0.342. The molecule has 0 unspecified atom stereocenters. The van der Waals surface area contributed by atoms with Gasteiger partial charge < -0.3 is 5.32 Å². The second-order valence-corrected chi connectivity index (χ2v) is 7.93. The first-order valence-electron chi connectivity index (χ1n) is 8.54. The van der Waals surface area contributed by atoms with Crippen LogP contribution in [0.25, 0.3) is 11.3 Å². The number of nitrogens with one attached hydrogen (secondary N) is 1. The lowest BCUT2D eigenvalue weighted by Gasteiger charge is -2.05. The SMILES string of the molecule is Brc1cnc2ccc(NCc3ccccc3)nn12.Clc1ccc2ncc(Br)n2n1. The summed E-state index contributed by atoms with van der Waals surface area (Å²) in [6, 6.07) is 17.6. The summed E-state index contributed by atoms with van der Waals surface area (Å²) < 4.78 is 5.03. The smallest absolute Gasteiger partial charge is 0.154 e. The van der Waals surface area contributed by atoms with Gasteiger partial charge in [-0.1, -0.05) is 41.9 Å². The summed E-state index contributed by atoms with van der Waals surface area (Å²) in [7, 11) is 0. The molecule has 0 amide bonds. The van der Waals surface area contributed by atoms with E-state index in [1.807, 2.05) is 30.3 Å². The van der Waals surface area contributed by atoms with Gasteiger partial charge in [-0.05, 0) is 61.7 Å². The van der Waals surface area contributed by atoms with Crippen molar-refractivity contribution in [1.29, 1.82) is 0 Å². The number of anilines is 1. The molecule has 0 aliphatic rings. The van der Waals surface area contributed by atoms with Crippen molar-refractivity contribution in [3.63, 3.8) is 0 Å². The van der Waals surface area contributed by atoms with Gasteiger partial charge in [-0.2, -0.15) is 5.10 Å². The number of aromatic nitrogens is 6. The van der Waals surface area contributed by atoms with Crippen LogP contribution in [0.5, 0.6) is 0 Å². The number of hydrogen-bond acceptors (Lipinski definition) is 5. The molecule has 4 aromatic heterocycles. The van der Waals surface area contributed by atoms with Crippen molar-refractivity contribution in [2.75, 3.05) is 5.32 Å². The van der Waals surface area contributed by atoms with E-state index in [4.69, 9.17) is 11.6 Å². The topological polar surface area (TPSA) is 72.4 Å². The van der Waals surface area contributed by atoms with E-state index < -0.39 is 0 Å². The summed E-state index contributed by atoms with van der Waals surface area (Å²) in [5.74, 6) is 0.824. The highest BCUT2D eigenvalue weighted by Gasteiger charge is 2.03. The Kier molecular flexibility index (Phi) is 6.08. The third-order valence-corrected chi connectivity index (χ3v) is 5.21. The molecule has 0 saturated heterocycles. The van der Waals surface area contributed by atoms with Crippen molar-refractivity contribution in [1.82, 2.24) is 29.2 Å². The zero-order valence-electron chi connectivity index (χ0n) is 14.9. The third-order valence-electron chi connectivity index (χ3n) is 3.93. The molecule has 4 heterocycles. The molecule has 0 bridgehead atoms. The predicted molar refractivity (Wildman–Crippen MR) is 120 cm³/mol. The maximum atomic E-state index is 5.67. The number of halogens is 3. The molecule has 1 aromatic carbocycles. The first-order valence-corrected chi connectivity index (χ1v) is 10.5. The van der Waals surface area contributed by atoms with Crippen LogP contribution in [0.4, 0.5) is 5.82 Å². The van der Waals surface area contributed by atoms with Gasteiger partial charge in [-0.3, -0.25) is 0 Å². The predicted octanol–water partition coefficient (Wildman–Crippen LogP) is 5.25. The average Bonchev–Trinajstić information content (AvgIpc) is 3.30. The lowest BCUT2D eigenvalue weighted by atomic mass is 10.2. The van der Waals surface area contributed by atoms with E-state index in [9.17, 15) is 0 Å². The van der Waals surface area contributed by atoms with Crippen LogP contribution >= 0.6 is 43.5 Å². The molecule has 0 radical (unpaired) electrons. The van der Waals surface area contributed by atoms with E-state index in [0.717, 1.165) is 32.9 Å². The maximum absolute atomic E-state index is 5.67. The largest absolute Gasteiger partial charge is 0.365 e. The molecule has 0 fully saturated rings. The lowest BCUT2D eigenvalue weighted by Crippen LogP contribution is -2.03. The summed E-state index contributed by atoms with van der Waals surface area (Å²) in [6.45, 7) is 0.756. The molecule has 0 saturated carbocycles. The second-order valence-electron chi connectivity index (χ2n) is 5.92. The van der Waals surface area contributed by atoms with Gasteiger partial charge in [0.05, 0.1) is 12.4 Å². The van der Waals surface area contributed by atoms with E-state index in [-0.39, 0.29) is 0 Å². The first-order chi connectivity index (χ1) is 14.1. The van der Waals surface area contributed by atoms with Crippen molar-refractivity contribution in [2.45, 2.75) is 6.54 Å². The van der Waals surface area contributed by atoms with Crippen LogP contribution in [0, 0.1) is 0 Å². The Morgan fingerprint density at radius 3 is 2.10 bits per heavy atom. The van der Waals surface area contributed by atoms with Crippen LogP contribution in [-0.2, 0) is 6.54 Å². The number of benzene rings is 1. The average molecular weight is 536 g/mol. The van der Waals surface area contributed by atoms with E-state index in [1.54, 1.807) is 33.6 Å². The molecule has 10 heteroatoms. The standard InChI is InChI=1S/C13H11BrN4.C6H3BrClN3/c14-11-9-16-13-7-6-12(17-18(11)13)15-8-10-4-2-1-3-5-10;7-4-3-9-6-2-1-5(8)10-11(4)6/h1-7,9H,8H2,(H,15,17);1-3H. The van der Waals surface area contributed by atoms with Crippen molar-refractivity contribution < 1.29 is 0 Å². The van der Waals surface area contributed by atoms with Gasteiger partial charge in [0.2, 0.25) is 0 Å². The zero-order valence-corrected chi connectivity index (χ0v) is 18.8. The van der Waals surface area contributed by atoms with Crippen molar-refractivity contribution in [3.05, 3.63) is 86.9 Å². The molecular formula is C19H14Br2ClN7. The molecule has 0 spiro atoms. The number of imidazole rings is 2. The molecule has 7 nitrogen and oxygen atoms in total. The highest BCUT2D eigenvalue weighted by molar-refractivity contribution is 9.10. The van der Waals surface area contributed by atoms with Gasteiger partial charge in [0.25, 0.3) is 0 Å². The fraction of sp³-hybridized carbons (Fsp3) is 0.0526. The first kappa shape index (κ1) is 19.8. The number of fused-ring (bicyclic) bond motifs is 2. The number of rotatable bonds is 3. The molecule has 0 aliphatic carbocycles. The lowest BCUT2D eigenvalue weighted by molar-refractivity contribution is 0.907. The molecule has 1 N–H and O–H groups in total. The van der Waals surface area contributed by atoms with Gasteiger partial charge in [-0.25, -0.2) is 19.0 Å². The molecule has 0 aliphatic heterocycles. The van der Waals surface area contributed by atoms with E-state index in [1.165, 1.54) is 5.56 Å². The molecule has 0 atom stereocenters. The Balaban J connectivity index is 0.000000159. The number of nitrogens with zero attached hydrogens (tertiary/aromatic N) is 6. The van der Waals surface area contributed by atoms with Crippen LogP contribution in [0.15, 0.2) is 76.2 Å². The van der Waals surface area contributed by atoms with Gasteiger partial charge in [0, 0.05) is 6.54 Å². The Bertz CT molecular complexity index is 1250. The summed E-state index contributed by atoms with van der Waals surface area (Å²) in [4.78, 5) is 8.26. The van der Waals surface area contributed by atoms with Crippen LogP contribution in [0.1, 0.15) is 5.56 Å². The van der Waals surface area contributed by atoms with Crippen LogP contribution in [-0.4, -0.2) is 29.2 Å². The van der Waals surface area contributed by atoms with Crippen LogP contribution in [0.3, 0.4) is 0 Å². The third kappa shape index (κ3) is 4.75. The van der Waals surface area contributed by atoms with Crippen molar-refractivity contribution >= 4 is 60.6 Å². The monoisotopic (exact) mass is 533 g/mol. The Hall–Kier alpha value is -2.49. The minimum atomic E-state index is 0.455. The Morgan fingerprint density at radius 1 is 0.793 bits per heavy atom. The van der Waals surface area contributed by atoms with Crippen molar-refractivity contribution in [2.24, 2.45) is 0 Å². The van der Waals surface area contributed by atoms with Gasteiger partial charge in [-0.15, -0.1) is 5.10 Å². The Morgan fingerprint density at radius 2 is 1.41 bits per heavy atom. The minimum absolute atomic E-state index is 0.455. The fourth-order valence-corrected chi connectivity index (χ4v) is 3.42. The van der Waals surface area contributed by atoms with Crippen LogP contribution < -0.4 is 5.32 Å². The normalized spacial score (nSPS) is 10.7.